The van der Waals surface area contributed by atoms with E-state index in [-0.39, 0.29) is 11.7 Å². The third-order valence-electron chi connectivity index (χ3n) is 3.47. The van der Waals surface area contributed by atoms with E-state index in [2.05, 4.69) is 10.4 Å². The van der Waals surface area contributed by atoms with Crippen LogP contribution in [0.3, 0.4) is 0 Å². The fourth-order valence-corrected chi connectivity index (χ4v) is 2.21. The minimum Gasteiger partial charge on any atom is -0.386 e. The zero-order chi connectivity index (χ0) is 16.1. The Kier molecular flexibility index (Phi) is 5.27. The molecule has 1 aromatic heterocycles. The van der Waals surface area contributed by atoms with Gasteiger partial charge in [0.25, 0.3) is 0 Å². The van der Waals surface area contributed by atoms with Gasteiger partial charge in [-0.1, -0.05) is 12.1 Å². The molecule has 0 saturated heterocycles. The third-order valence-corrected chi connectivity index (χ3v) is 3.47. The molecule has 0 radical (unpaired) electrons. The number of carbonyl (C=O) groups excluding carboxylic acids is 1. The van der Waals surface area contributed by atoms with Crippen LogP contribution in [0, 0.1) is 5.82 Å². The summed E-state index contributed by atoms with van der Waals surface area (Å²) in [6.07, 6.45) is 3.64. The van der Waals surface area contributed by atoms with Gasteiger partial charge in [-0.3, -0.25) is 9.48 Å². The summed E-state index contributed by atoms with van der Waals surface area (Å²) in [5, 5.41) is 17.0. The van der Waals surface area contributed by atoms with Crippen LogP contribution in [-0.4, -0.2) is 26.8 Å². The van der Waals surface area contributed by atoms with Crippen molar-refractivity contribution < 1.29 is 14.3 Å². The maximum Gasteiger partial charge on any atom is 0.220 e. The standard InChI is InChI=1S/C16H20FN3O2/c1-11(16(22)13-4-6-14(17)7-5-13)19-15(21)8-3-12-9-18-20(2)10-12/h4-7,9-11,16,22H,3,8H2,1-2H3,(H,19,21). The topological polar surface area (TPSA) is 67.2 Å². The fourth-order valence-electron chi connectivity index (χ4n) is 2.21. The highest BCUT2D eigenvalue weighted by atomic mass is 19.1. The first kappa shape index (κ1) is 16.2. The molecule has 0 aliphatic carbocycles. The van der Waals surface area contributed by atoms with Crippen molar-refractivity contribution in [2.45, 2.75) is 31.9 Å². The van der Waals surface area contributed by atoms with Gasteiger partial charge in [0.1, 0.15) is 5.82 Å². The molecule has 2 aromatic rings. The summed E-state index contributed by atoms with van der Waals surface area (Å²) in [5.74, 6) is -0.498. The molecule has 0 saturated carbocycles. The first-order valence-corrected chi connectivity index (χ1v) is 7.16. The van der Waals surface area contributed by atoms with E-state index in [0.29, 0.717) is 18.4 Å². The molecule has 0 fully saturated rings. The van der Waals surface area contributed by atoms with Gasteiger partial charge in [0.05, 0.1) is 18.3 Å². The first-order chi connectivity index (χ1) is 10.5. The van der Waals surface area contributed by atoms with Gasteiger partial charge in [-0.2, -0.15) is 5.10 Å². The van der Waals surface area contributed by atoms with Gasteiger partial charge >= 0.3 is 0 Å². The lowest BCUT2D eigenvalue weighted by molar-refractivity contribution is -0.122. The van der Waals surface area contributed by atoms with Crippen LogP contribution >= 0.6 is 0 Å². The highest BCUT2D eigenvalue weighted by Crippen LogP contribution is 2.17. The lowest BCUT2D eigenvalue weighted by Gasteiger charge is -2.20. The summed E-state index contributed by atoms with van der Waals surface area (Å²) < 4.78 is 14.6. The minimum atomic E-state index is -0.872. The van der Waals surface area contributed by atoms with Crippen molar-refractivity contribution >= 4 is 5.91 Å². The predicted molar refractivity (Wildman–Crippen MR) is 80.5 cm³/mol. The van der Waals surface area contributed by atoms with E-state index >= 15 is 0 Å². The Morgan fingerprint density at radius 2 is 2.09 bits per heavy atom. The van der Waals surface area contributed by atoms with Gasteiger partial charge in [-0.05, 0) is 36.6 Å². The van der Waals surface area contributed by atoms with Crippen LogP contribution in [-0.2, 0) is 18.3 Å². The Labute approximate surface area is 128 Å². The zero-order valence-electron chi connectivity index (χ0n) is 12.7. The van der Waals surface area contributed by atoms with E-state index in [1.165, 1.54) is 24.3 Å². The molecule has 6 heteroatoms. The number of nitrogens with zero attached hydrogens (tertiary/aromatic N) is 2. The van der Waals surface area contributed by atoms with E-state index in [4.69, 9.17) is 0 Å². The molecular formula is C16H20FN3O2. The lowest BCUT2D eigenvalue weighted by atomic mass is 10.0. The van der Waals surface area contributed by atoms with E-state index < -0.39 is 12.1 Å². The molecule has 0 spiro atoms. The molecule has 5 nitrogen and oxygen atoms in total. The minimum absolute atomic E-state index is 0.141. The molecule has 2 rings (SSSR count). The van der Waals surface area contributed by atoms with E-state index in [1.54, 1.807) is 17.8 Å². The Balaban J connectivity index is 1.83. The van der Waals surface area contributed by atoms with Crippen LogP contribution in [0.5, 0.6) is 0 Å². The van der Waals surface area contributed by atoms with Gasteiger partial charge in [0, 0.05) is 19.7 Å². The molecule has 0 bridgehead atoms. The highest BCUT2D eigenvalue weighted by Gasteiger charge is 2.18. The maximum absolute atomic E-state index is 12.9. The smallest absolute Gasteiger partial charge is 0.220 e. The van der Waals surface area contributed by atoms with Crippen molar-refractivity contribution in [3.63, 3.8) is 0 Å². The lowest BCUT2D eigenvalue weighted by Crippen LogP contribution is -2.37. The van der Waals surface area contributed by atoms with E-state index in [0.717, 1.165) is 5.56 Å². The van der Waals surface area contributed by atoms with E-state index in [9.17, 15) is 14.3 Å². The van der Waals surface area contributed by atoms with Crippen LogP contribution in [0.15, 0.2) is 36.7 Å². The molecule has 2 N–H and O–H groups in total. The summed E-state index contributed by atoms with van der Waals surface area (Å²) in [5.41, 5.74) is 1.56. The van der Waals surface area contributed by atoms with Crippen LogP contribution in [0.4, 0.5) is 4.39 Å². The number of aromatic nitrogens is 2. The Morgan fingerprint density at radius 3 is 2.68 bits per heavy atom. The van der Waals surface area contributed by atoms with Crippen molar-refractivity contribution in [3.05, 3.63) is 53.6 Å². The SMILES string of the molecule is CC(NC(=O)CCc1cnn(C)c1)C(O)c1ccc(F)cc1. The molecule has 1 amide bonds. The van der Waals surface area contributed by atoms with Crippen molar-refractivity contribution in [1.29, 1.82) is 0 Å². The zero-order valence-corrected chi connectivity index (χ0v) is 12.7. The second-order valence-corrected chi connectivity index (χ2v) is 5.37. The van der Waals surface area contributed by atoms with Gasteiger partial charge in [0.15, 0.2) is 0 Å². The van der Waals surface area contributed by atoms with Gasteiger partial charge in [-0.15, -0.1) is 0 Å². The van der Waals surface area contributed by atoms with Crippen molar-refractivity contribution in [3.8, 4) is 0 Å². The van der Waals surface area contributed by atoms with Gasteiger partial charge < -0.3 is 10.4 Å². The average Bonchev–Trinajstić information content (AvgIpc) is 2.91. The number of hydrogen-bond donors (Lipinski definition) is 2. The van der Waals surface area contributed by atoms with Crippen molar-refractivity contribution in [2.24, 2.45) is 7.05 Å². The van der Waals surface area contributed by atoms with Crippen LogP contribution < -0.4 is 5.32 Å². The third kappa shape index (κ3) is 4.39. The number of aliphatic hydroxyl groups excluding tert-OH is 1. The molecular weight excluding hydrogens is 285 g/mol. The molecule has 0 aliphatic heterocycles. The number of aryl methyl sites for hydroxylation is 2. The normalized spacial score (nSPS) is 13.6. The Bertz CT molecular complexity index is 625. The largest absolute Gasteiger partial charge is 0.386 e. The second-order valence-electron chi connectivity index (χ2n) is 5.37. The molecule has 118 valence electrons. The second kappa shape index (κ2) is 7.17. The molecule has 22 heavy (non-hydrogen) atoms. The summed E-state index contributed by atoms with van der Waals surface area (Å²) in [6, 6.07) is 5.15. The number of benzene rings is 1. The maximum atomic E-state index is 12.9. The Hall–Kier alpha value is -2.21. The van der Waals surface area contributed by atoms with E-state index in [1.807, 2.05) is 13.2 Å². The number of rotatable bonds is 6. The number of hydrogen-bond acceptors (Lipinski definition) is 3. The quantitative estimate of drug-likeness (QED) is 0.854. The first-order valence-electron chi connectivity index (χ1n) is 7.16. The van der Waals surface area contributed by atoms with Crippen LogP contribution in [0.2, 0.25) is 0 Å². The highest BCUT2D eigenvalue weighted by molar-refractivity contribution is 5.76. The van der Waals surface area contributed by atoms with Crippen molar-refractivity contribution in [1.82, 2.24) is 15.1 Å². The summed E-state index contributed by atoms with van der Waals surface area (Å²) in [7, 11) is 1.82. The Morgan fingerprint density at radius 1 is 1.41 bits per heavy atom. The number of halogens is 1. The molecule has 2 atom stereocenters. The number of nitrogens with one attached hydrogen (secondary N) is 1. The summed E-state index contributed by atoms with van der Waals surface area (Å²) in [4.78, 5) is 11.9. The molecule has 1 aromatic carbocycles. The molecule has 0 aliphatic rings. The molecule has 2 unspecified atom stereocenters. The average molecular weight is 305 g/mol. The predicted octanol–water partition coefficient (Wildman–Crippen LogP) is 1.73. The van der Waals surface area contributed by atoms with Gasteiger partial charge in [-0.25, -0.2) is 4.39 Å². The molecule has 1 heterocycles. The fraction of sp³-hybridized carbons (Fsp3) is 0.375. The summed E-state index contributed by atoms with van der Waals surface area (Å²) >= 11 is 0. The number of carbonyl (C=O) groups is 1. The number of amides is 1. The van der Waals surface area contributed by atoms with Crippen LogP contribution in [0.1, 0.15) is 30.6 Å². The monoisotopic (exact) mass is 305 g/mol. The van der Waals surface area contributed by atoms with Crippen LogP contribution in [0.25, 0.3) is 0 Å². The van der Waals surface area contributed by atoms with Gasteiger partial charge in [0.2, 0.25) is 5.91 Å². The summed E-state index contributed by atoms with van der Waals surface area (Å²) in [6.45, 7) is 1.72. The van der Waals surface area contributed by atoms with Crippen molar-refractivity contribution in [2.75, 3.05) is 0 Å². The number of aliphatic hydroxyl groups is 1.